The van der Waals surface area contributed by atoms with Crippen LogP contribution in [-0.4, -0.2) is 29.0 Å². The summed E-state index contributed by atoms with van der Waals surface area (Å²) in [5.41, 5.74) is 10.1. The van der Waals surface area contributed by atoms with Crippen LogP contribution in [0.15, 0.2) is 48.5 Å². The Hall–Kier alpha value is -1.68. The summed E-state index contributed by atoms with van der Waals surface area (Å²) in [6.45, 7) is 1.84. The fourth-order valence-electron chi connectivity index (χ4n) is 3.30. The number of aliphatic hydroxyl groups is 2. The summed E-state index contributed by atoms with van der Waals surface area (Å²) in [6, 6.07) is 17.3. The average Bonchev–Trinajstić information content (AvgIpc) is 2.72. The Labute approximate surface area is 164 Å². The van der Waals surface area contributed by atoms with Crippen molar-refractivity contribution in [3.05, 3.63) is 59.7 Å². The number of hydrogen-bond acceptors (Lipinski definition) is 3. The van der Waals surface area contributed by atoms with Gasteiger partial charge in [0.15, 0.2) is 0 Å². The van der Waals surface area contributed by atoms with Crippen LogP contribution >= 0.6 is 0 Å². The fourth-order valence-corrected chi connectivity index (χ4v) is 3.30. The Morgan fingerprint density at radius 2 is 1.48 bits per heavy atom. The quantitative estimate of drug-likeness (QED) is 0.483. The van der Waals surface area contributed by atoms with Gasteiger partial charge >= 0.3 is 0 Å². The molecule has 0 atom stereocenters. The molecule has 0 bridgehead atoms. The second-order valence-electron chi connectivity index (χ2n) is 7.74. The van der Waals surface area contributed by atoms with E-state index in [-0.39, 0.29) is 13.2 Å². The van der Waals surface area contributed by atoms with Gasteiger partial charge in [-0.3, -0.25) is 0 Å². The Balaban J connectivity index is 1.94. The lowest BCUT2D eigenvalue weighted by Gasteiger charge is -2.24. The van der Waals surface area contributed by atoms with Crippen molar-refractivity contribution in [3.8, 4) is 11.1 Å². The third-order valence-electron chi connectivity index (χ3n) is 5.32. The van der Waals surface area contributed by atoms with Crippen molar-refractivity contribution in [1.82, 2.24) is 0 Å². The van der Waals surface area contributed by atoms with Crippen molar-refractivity contribution in [2.75, 3.05) is 13.2 Å². The maximum absolute atomic E-state index is 9.34. The molecule has 148 valence electrons. The van der Waals surface area contributed by atoms with E-state index in [1.807, 2.05) is 0 Å². The molecule has 0 saturated heterocycles. The summed E-state index contributed by atoms with van der Waals surface area (Å²) >= 11 is 0. The van der Waals surface area contributed by atoms with Gasteiger partial charge < -0.3 is 15.9 Å². The third-order valence-corrected chi connectivity index (χ3v) is 5.32. The van der Waals surface area contributed by atoms with Crippen LogP contribution in [0.4, 0.5) is 0 Å². The molecular formula is C24H35NO2. The van der Waals surface area contributed by atoms with Gasteiger partial charge in [-0.2, -0.15) is 0 Å². The monoisotopic (exact) mass is 369 g/mol. The number of unbranched alkanes of at least 4 members (excludes halogenated alkanes) is 4. The first-order valence-electron chi connectivity index (χ1n) is 10.3. The van der Waals surface area contributed by atoms with Crippen LogP contribution in [-0.2, 0) is 12.8 Å². The Bertz CT molecular complexity index is 662. The maximum atomic E-state index is 9.34. The molecule has 0 spiro atoms. The van der Waals surface area contributed by atoms with Crippen LogP contribution in [0.2, 0.25) is 0 Å². The van der Waals surface area contributed by atoms with Crippen LogP contribution in [0.25, 0.3) is 11.1 Å². The molecule has 0 radical (unpaired) electrons. The lowest BCUT2D eigenvalue weighted by atomic mass is 9.92. The van der Waals surface area contributed by atoms with E-state index in [9.17, 15) is 10.2 Å². The molecule has 3 heteroatoms. The molecule has 3 nitrogen and oxygen atoms in total. The molecular weight excluding hydrogens is 334 g/mol. The maximum Gasteiger partial charge on any atom is 0.0633 e. The molecule has 0 aliphatic rings. The summed E-state index contributed by atoms with van der Waals surface area (Å²) < 4.78 is 0. The number of nitrogens with two attached hydrogens (primary N) is 1. The highest BCUT2D eigenvalue weighted by Gasteiger charge is 2.22. The van der Waals surface area contributed by atoms with Gasteiger partial charge in [-0.15, -0.1) is 0 Å². The number of hydrogen-bond donors (Lipinski definition) is 3. The minimum atomic E-state index is -0.908. The molecule has 4 N–H and O–H groups in total. The standard InChI is InChI=1S/C24H35NO2/c1-2-3-4-5-6-8-20-11-13-22(14-12-20)23-10-7-9-21(17-23)15-16-24(25,18-26)19-27/h7,9-14,17,26-27H,2-6,8,15-16,18-19,25H2,1H3. The van der Waals surface area contributed by atoms with Gasteiger partial charge in [-0.25, -0.2) is 0 Å². The predicted octanol–water partition coefficient (Wildman–Crippen LogP) is 4.48. The van der Waals surface area contributed by atoms with Crippen molar-refractivity contribution >= 4 is 0 Å². The molecule has 0 fully saturated rings. The smallest absolute Gasteiger partial charge is 0.0633 e. The van der Waals surface area contributed by atoms with Crippen molar-refractivity contribution in [2.45, 2.75) is 63.8 Å². The van der Waals surface area contributed by atoms with Crippen LogP contribution in [0.3, 0.4) is 0 Å². The second-order valence-corrected chi connectivity index (χ2v) is 7.74. The zero-order valence-corrected chi connectivity index (χ0v) is 16.7. The van der Waals surface area contributed by atoms with Crippen molar-refractivity contribution < 1.29 is 10.2 Å². The number of benzene rings is 2. The van der Waals surface area contributed by atoms with Gasteiger partial charge in [-0.05, 0) is 47.9 Å². The molecule has 0 aliphatic carbocycles. The van der Waals surface area contributed by atoms with Gasteiger partial charge in [0.05, 0.1) is 18.8 Å². The van der Waals surface area contributed by atoms with Gasteiger partial charge in [0.2, 0.25) is 0 Å². The van der Waals surface area contributed by atoms with Gasteiger partial charge in [0.25, 0.3) is 0 Å². The zero-order valence-electron chi connectivity index (χ0n) is 16.7. The topological polar surface area (TPSA) is 66.5 Å². The number of aliphatic hydroxyl groups excluding tert-OH is 2. The largest absolute Gasteiger partial charge is 0.394 e. The normalized spacial score (nSPS) is 11.7. The molecule has 2 aromatic carbocycles. The van der Waals surface area contributed by atoms with E-state index in [1.165, 1.54) is 54.4 Å². The molecule has 2 aromatic rings. The molecule has 0 unspecified atom stereocenters. The summed E-state index contributed by atoms with van der Waals surface area (Å²) in [5, 5.41) is 18.7. The lowest BCUT2D eigenvalue weighted by molar-refractivity contribution is 0.115. The Kier molecular flexibility index (Phi) is 8.99. The summed E-state index contributed by atoms with van der Waals surface area (Å²) in [6.07, 6.45) is 9.02. The molecule has 0 aromatic heterocycles. The Morgan fingerprint density at radius 1 is 0.778 bits per heavy atom. The van der Waals surface area contributed by atoms with Crippen molar-refractivity contribution in [1.29, 1.82) is 0 Å². The SMILES string of the molecule is CCCCCCCc1ccc(-c2cccc(CCC(N)(CO)CO)c2)cc1. The van der Waals surface area contributed by atoms with E-state index in [2.05, 4.69) is 55.5 Å². The summed E-state index contributed by atoms with van der Waals surface area (Å²) in [7, 11) is 0. The van der Waals surface area contributed by atoms with E-state index in [1.54, 1.807) is 0 Å². The first kappa shape index (κ1) is 21.6. The fraction of sp³-hybridized carbons (Fsp3) is 0.500. The van der Waals surface area contributed by atoms with E-state index in [0.29, 0.717) is 6.42 Å². The van der Waals surface area contributed by atoms with Crippen LogP contribution in [0, 0.1) is 0 Å². The van der Waals surface area contributed by atoms with Gasteiger partial charge in [0.1, 0.15) is 0 Å². The minimum absolute atomic E-state index is 0.205. The molecule has 0 amide bonds. The molecule has 0 heterocycles. The van der Waals surface area contributed by atoms with E-state index in [4.69, 9.17) is 5.73 Å². The second kappa shape index (κ2) is 11.2. The van der Waals surface area contributed by atoms with E-state index >= 15 is 0 Å². The van der Waals surface area contributed by atoms with Crippen LogP contribution in [0.1, 0.15) is 56.6 Å². The zero-order chi connectivity index (χ0) is 19.5. The number of aryl methyl sites for hydroxylation is 2. The highest BCUT2D eigenvalue weighted by molar-refractivity contribution is 5.64. The molecule has 0 saturated carbocycles. The van der Waals surface area contributed by atoms with Crippen LogP contribution in [0.5, 0.6) is 0 Å². The highest BCUT2D eigenvalue weighted by atomic mass is 16.3. The van der Waals surface area contributed by atoms with Gasteiger partial charge in [0, 0.05) is 0 Å². The van der Waals surface area contributed by atoms with E-state index in [0.717, 1.165) is 12.8 Å². The first-order valence-corrected chi connectivity index (χ1v) is 10.3. The molecule has 0 aliphatic heterocycles. The number of rotatable bonds is 12. The average molecular weight is 370 g/mol. The highest BCUT2D eigenvalue weighted by Crippen LogP contribution is 2.23. The molecule has 2 rings (SSSR count). The third kappa shape index (κ3) is 7.10. The summed E-state index contributed by atoms with van der Waals surface area (Å²) in [4.78, 5) is 0. The van der Waals surface area contributed by atoms with E-state index < -0.39 is 5.54 Å². The van der Waals surface area contributed by atoms with Gasteiger partial charge in [-0.1, -0.05) is 81.1 Å². The lowest BCUT2D eigenvalue weighted by Crippen LogP contribution is -2.47. The van der Waals surface area contributed by atoms with Crippen LogP contribution < -0.4 is 5.73 Å². The minimum Gasteiger partial charge on any atom is -0.394 e. The van der Waals surface area contributed by atoms with Crippen molar-refractivity contribution in [2.24, 2.45) is 5.73 Å². The predicted molar refractivity (Wildman–Crippen MR) is 114 cm³/mol. The van der Waals surface area contributed by atoms with Crippen molar-refractivity contribution in [3.63, 3.8) is 0 Å². The first-order chi connectivity index (χ1) is 13.1. The Morgan fingerprint density at radius 3 is 2.15 bits per heavy atom. The molecule has 27 heavy (non-hydrogen) atoms. The summed E-state index contributed by atoms with van der Waals surface area (Å²) in [5.74, 6) is 0.